The number of nitrogens with zero attached hydrogens (tertiary/aromatic N) is 2. The van der Waals surface area contributed by atoms with Crippen LogP contribution in [0.2, 0.25) is 5.02 Å². The summed E-state index contributed by atoms with van der Waals surface area (Å²) in [4.78, 5) is 29.7. The van der Waals surface area contributed by atoms with Crippen LogP contribution in [0.1, 0.15) is 48.6 Å². The Hall–Kier alpha value is -4.35. The highest BCUT2D eigenvalue weighted by Crippen LogP contribution is 2.38. The number of alkyl halides is 3. The number of carbonyl (C=O) groups excluding carboxylic acids is 2. The third kappa shape index (κ3) is 9.64. The maximum atomic E-state index is 14.6. The molecule has 7 nitrogen and oxygen atoms in total. The van der Waals surface area contributed by atoms with Gasteiger partial charge in [-0.05, 0) is 81.6 Å². The van der Waals surface area contributed by atoms with E-state index in [2.05, 4.69) is 5.32 Å². The van der Waals surface area contributed by atoms with Gasteiger partial charge in [0, 0.05) is 18.5 Å². The van der Waals surface area contributed by atoms with Crippen molar-refractivity contribution in [3.8, 4) is 0 Å². The zero-order valence-corrected chi connectivity index (χ0v) is 29.5. The third-order valence-electron chi connectivity index (χ3n) is 7.80. The van der Waals surface area contributed by atoms with E-state index >= 15 is 0 Å². The third-order valence-corrected chi connectivity index (χ3v) is 9.92. The van der Waals surface area contributed by atoms with E-state index in [4.69, 9.17) is 11.6 Å². The molecule has 0 aliphatic heterocycles. The number of benzene rings is 4. The van der Waals surface area contributed by atoms with E-state index in [0.29, 0.717) is 15.9 Å². The summed E-state index contributed by atoms with van der Waals surface area (Å²) >= 11 is 5.89. The lowest BCUT2D eigenvalue weighted by Crippen LogP contribution is -2.56. The smallest absolute Gasteiger partial charge is 0.350 e. The molecule has 1 unspecified atom stereocenters. The van der Waals surface area contributed by atoms with Gasteiger partial charge in [0.1, 0.15) is 12.6 Å². The van der Waals surface area contributed by atoms with Crippen molar-refractivity contribution in [3.05, 3.63) is 130 Å². The molecule has 0 heterocycles. The predicted octanol–water partition coefficient (Wildman–Crippen LogP) is 7.73. The van der Waals surface area contributed by atoms with Crippen molar-refractivity contribution in [1.29, 1.82) is 0 Å². The fraction of sp³-hybridized carbons (Fsp3) is 0.297. The van der Waals surface area contributed by atoms with Gasteiger partial charge in [-0.1, -0.05) is 83.9 Å². The van der Waals surface area contributed by atoms with E-state index in [9.17, 15) is 31.2 Å². The minimum atomic E-state index is -4.90. The number of hydrogen-bond acceptors (Lipinski definition) is 4. The number of nitrogens with one attached hydrogen (secondary N) is 1. The lowest BCUT2D eigenvalue weighted by Gasteiger charge is -2.35. The van der Waals surface area contributed by atoms with Crippen LogP contribution in [-0.4, -0.2) is 43.3 Å². The number of rotatable bonds is 11. The first kappa shape index (κ1) is 37.5. The summed E-state index contributed by atoms with van der Waals surface area (Å²) in [6.45, 7) is 8.01. The molecule has 49 heavy (non-hydrogen) atoms. The van der Waals surface area contributed by atoms with E-state index in [1.54, 1.807) is 64.1 Å². The monoisotopic (exact) mass is 713 g/mol. The average Bonchev–Trinajstić information content (AvgIpc) is 3.02. The zero-order valence-electron chi connectivity index (χ0n) is 27.9. The van der Waals surface area contributed by atoms with Gasteiger partial charge in [0.05, 0.1) is 21.2 Å². The first-order valence-electron chi connectivity index (χ1n) is 15.5. The van der Waals surface area contributed by atoms with E-state index in [1.165, 1.54) is 17.0 Å². The van der Waals surface area contributed by atoms with Crippen molar-refractivity contribution < 1.29 is 31.2 Å². The first-order chi connectivity index (χ1) is 22.9. The second-order valence-electron chi connectivity index (χ2n) is 12.9. The summed E-state index contributed by atoms with van der Waals surface area (Å²) in [6.07, 6.45) is -4.82. The summed E-state index contributed by atoms with van der Waals surface area (Å²) in [6, 6.07) is 23.6. The second kappa shape index (κ2) is 15.0. The van der Waals surface area contributed by atoms with Crippen LogP contribution in [0, 0.1) is 13.8 Å². The predicted molar refractivity (Wildman–Crippen MR) is 186 cm³/mol. The van der Waals surface area contributed by atoms with Crippen LogP contribution < -0.4 is 9.62 Å². The maximum absolute atomic E-state index is 14.6. The van der Waals surface area contributed by atoms with Crippen LogP contribution in [-0.2, 0) is 38.8 Å². The van der Waals surface area contributed by atoms with Gasteiger partial charge in [-0.15, -0.1) is 0 Å². The number of halogens is 4. The minimum absolute atomic E-state index is 0.0760. The Morgan fingerprint density at radius 1 is 0.857 bits per heavy atom. The summed E-state index contributed by atoms with van der Waals surface area (Å²) in [7, 11) is -4.61. The number of carbonyl (C=O) groups is 2. The quantitative estimate of drug-likeness (QED) is 0.173. The van der Waals surface area contributed by atoms with Crippen LogP contribution >= 0.6 is 11.6 Å². The van der Waals surface area contributed by atoms with Crippen LogP contribution in [0.5, 0.6) is 0 Å². The van der Waals surface area contributed by atoms with Crippen LogP contribution in [0.25, 0.3) is 0 Å². The van der Waals surface area contributed by atoms with Gasteiger partial charge in [0.25, 0.3) is 10.0 Å². The van der Waals surface area contributed by atoms with Crippen molar-refractivity contribution in [1.82, 2.24) is 10.2 Å². The van der Waals surface area contributed by atoms with Gasteiger partial charge in [0.2, 0.25) is 11.8 Å². The van der Waals surface area contributed by atoms with E-state index < -0.39 is 62.4 Å². The highest BCUT2D eigenvalue weighted by Gasteiger charge is 2.38. The number of amides is 2. The molecular weight excluding hydrogens is 675 g/mol. The molecule has 4 aromatic carbocycles. The zero-order chi connectivity index (χ0) is 36.1. The lowest BCUT2D eigenvalue weighted by atomic mass is 10.00. The fourth-order valence-corrected chi connectivity index (χ4v) is 6.86. The summed E-state index contributed by atoms with van der Waals surface area (Å²) in [5.41, 5.74) is 0.678. The fourth-order valence-electron chi connectivity index (χ4n) is 5.23. The standard InChI is InChI=1S/C37H39ClF3N3O4S/c1-25-15-18-30(19-16-25)49(47,48)44(29-17-20-32(38)31(22-29)37(39,40)41)24-34(45)43(23-28-14-10-9-11-26(28)2)33(35(46)42-36(3,4)5)21-27-12-7-6-8-13-27/h6-20,22,33H,21,23-24H2,1-5H3,(H,42,46). The summed E-state index contributed by atoms with van der Waals surface area (Å²) in [5, 5.41) is 2.32. The number of anilines is 1. The van der Waals surface area contributed by atoms with Gasteiger partial charge in [-0.2, -0.15) is 13.2 Å². The molecule has 0 saturated heterocycles. The highest BCUT2D eigenvalue weighted by atomic mass is 35.5. The average molecular weight is 714 g/mol. The van der Waals surface area contributed by atoms with Crippen molar-refractivity contribution in [3.63, 3.8) is 0 Å². The normalized spacial score (nSPS) is 12.7. The van der Waals surface area contributed by atoms with Gasteiger partial charge in [-0.25, -0.2) is 8.42 Å². The van der Waals surface area contributed by atoms with Crippen LogP contribution in [0.15, 0.2) is 102 Å². The van der Waals surface area contributed by atoms with Crippen LogP contribution in [0.3, 0.4) is 0 Å². The van der Waals surface area contributed by atoms with Gasteiger partial charge in [0.15, 0.2) is 0 Å². The Bertz CT molecular complexity index is 1890. The SMILES string of the molecule is Cc1ccc(S(=O)(=O)N(CC(=O)N(Cc2ccccc2C)C(Cc2ccccc2)C(=O)NC(C)(C)C)c2ccc(Cl)c(C(F)(F)F)c2)cc1. The molecule has 0 spiro atoms. The Kier molecular flexibility index (Phi) is 11.5. The number of sulfonamides is 1. The molecule has 4 rings (SSSR count). The van der Waals surface area contributed by atoms with Crippen LogP contribution in [0.4, 0.5) is 18.9 Å². The molecule has 1 N–H and O–H groups in total. The Morgan fingerprint density at radius 3 is 2.06 bits per heavy atom. The summed E-state index contributed by atoms with van der Waals surface area (Å²) < 4.78 is 71.0. The van der Waals surface area contributed by atoms with Crippen molar-refractivity contribution in [2.24, 2.45) is 0 Å². The molecule has 0 aliphatic carbocycles. The Labute approximate surface area is 290 Å². The van der Waals surface area contributed by atoms with Gasteiger partial charge in [-0.3, -0.25) is 13.9 Å². The number of aryl methyl sites for hydroxylation is 2. The molecule has 4 aromatic rings. The molecular formula is C37H39ClF3N3O4S. The molecule has 1 atom stereocenters. The molecule has 0 fully saturated rings. The van der Waals surface area contributed by atoms with E-state index in [-0.39, 0.29) is 17.9 Å². The molecule has 260 valence electrons. The summed E-state index contributed by atoms with van der Waals surface area (Å²) in [5.74, 6) is -1.27. The topological polar surface area (TPSA) is 86.8 Å². The largest absolute Gasteiger partial charge is 0.417 e. The van der Waals surface area contributed by atoms with Crippen molar-refractivity contribution in [2.75, 3.05) is 10.8 Å². The highest BCUT2D eigenvalue weighted by molar-refractivity contribution is 7.92. The van der Waals surface area contributed by atoms with E-state index in [0.717, 1.165) is 28.8 Å². The second-order valence-corrected chi connectivity index (χ2v) is 15.1. The first-order valence-corrected chi connectivity index (χ1v) is 17.3. The van der Waals surface area contributed by atoms with E-state index in [1.807, 2.05) is 37.3 Å². The van der Waals surface area contributed by atoms with Gasteiger partial charge >= 0.3 is 6.18 Å². The molecule has 0 bridgehead atoms. The van der Waals surface area contributed by atoms with Crippen molar-refractivity contribution in [2.45, 2.75) is 70.2 Å². The Balaban J connectivity index is 1.89. The molecule has 0 aromatic heterocycles. The lowest BCUT2D eigenvalue weighted by molar-refractivity contribution is -0.140. The number of hydrogen-bond donors (Lipinski definition) is 1. The molecule has 0 aliphatic rings. The van der Waals surface area contributed by atoms with Crippen molar-refractivity contribution >= 4 is 39.1 Å². The molecule has 12 heteroatoms. The Morgan fingerprint density at radius 2 is 1.47 bits per heavy atom. The van der Waals surface area contributed by atoms with Gasteiger partial charge < -0.3 is 10.2 Å². The molecule has 0 saturated carbocycles. The minimum Gasteiger partial charge on any atom is -0.350 e. The molecule has 2 amide bonds. The maximum Gasteiger partial charge on any atom is 0.417 e. The molecule has 0 radical (unpaired) electrons.